The monoisotopic (exact) mass is 332 g/mol. The van der Waals surface area contributed by atoms with Crippen molar-refractivity contribution < 1.29 is 13.9 Å². The topological polar surface area (TPSA) is 26.3 Å². The van der Waals surface area contributed by atoms with Crippen molar-refractivity contribution >= 4 is 40.6 Å². The molecule has 0 aromatic heterocycles. The van der Waals surface area contributed by atoms with Gasteiger partial charge in [-0.05, 0) is 30.3 Å². The van der Waals surface area contributed by atoms with Crippen molar-refractivity contribution in [2.75, 3.05) is 6.61 Å². The highest BCUT2D eigenvalue weighted by molar-refractivity contribution is 6.36. The summed E-state index contributed by atoms with van der Waals surface area (Å²) in [5.41, 5.74) is 0.310. The average molecular weight is 334 g/mol. The summed E-state index contributed by atoms with van der Waals surface area (Å²) in [4.78, 5) is 11.9. The summed E-state index contributed by atoms with van der Waals surface area (Å²) in [6.45, 7) is -0.233. The molecule has 0 atom stereocenters. The first-order chi connectivity index (χ1) is 9.47. The number of ketones is 1. The number of carbonyl (C=O) groups is 1. The number of rotatable bonds is 4. The third-order valence-corrected chi connectivity index (χ3v) is 3.33. The number of ether oxygens (including phenoxy) is 1. The Morgan fingerprint density at radius 1 is 1.05 bits per heavy atom. The zero-order valence-corrected chi connectivity index (χ0v) is 12.3. The number of halogens is 4. The molecule has 0 heterocycles. The van der Waals surface area contributed by atoms with Gasteiger partial charge in [0.05, 0.1) is 10.0 Å². The van der Waals surface area contributed by atoms with E-state index in [9.17, 15) is 9.18 Å². The normalized spacial score (nSPS) is 10.4. The molecule has 0 spiro atoms. The molecule has 2 rings (SSSR count). The fourth-order valence-electron chi connectivity index (χ4n) is 1.51. The lowest BCUT2D eigenvalue weighted by atomic mass is 10.1. The van der Waals surface area contributed by atoms with E-state index in [1.807, 2.05) is 0 Å². The molecule has 0 fully saturated rings. The van der Waals surface area contributed by atoms with Crippen LogP contribution in [-0.4, -0.2) is 12.4 Å². The molecular formula is C14H8Cl3FO2. The molecule has 2 nitrogen and oxygen atoms in total. The van der Waals surface area contributed by atoms with Crippen LogP contribution in [0.4, 0.5) is 4.39 Å². The van der Waals surface area contributed by atoms with Gasteiger partial charge in [0.1, 0.15) is 11.6 Å². The second-order valence-electron chi connectivity index (χ2n) is 3.91. The van der Waals surface area contributed by atoms with Crippen LogP contribution >= 0.6 is 34.8 Å². The molecule has 0 radical (unpaired) electrons. The minimum atomic E-state index is -0.550. The SMILES string of the molecule is O=C(COc1ccc(F)c(Cl)c1)c1ccc(Cl)cc1Cl. The van der Waals surface area contributed by atoms with Crippen molar-refractivity contribution in [3.63, 3.8) is 0 Å². The Morgan fingerprint density at radius 3 is 2.45 bits per heavy atom. The quantitative estimate of drug-likeness (QED) is 0.732. The predicted octanol–water partition coefficient (Wildman–Crippen LogP) is 5.05. The summed E-state index contributed by atoms with van der Waals surface area (Å²) < 4.78 is 18.2. The molecule has 0 saturated heterocycles. The highest BCUT2D eigenvalue weighted by atomic mass is 35.5. The third kappa shape index (κ3) is 3.63. The first-order valence-electron chi connectivity index (χ1n) is 5.53. The molecule has 0 N–H and O–H groups in total. The zero-order chi connectivity index (χ0) is 14.7. The van der Waals surface area contributed by atoms with Crippen LogP contribution in [0, 0.1) is 5.82 Å². The van der Waals surface area contributed by atoms with Crippen molar-refractivity contribution in [1.29, 1.82) is 0 Å². The van der Waals surface area contributed by atoms with E-state index in [4.69, 9.17) is 39.5 Å². The number of Topliss-reactive ketones (excluding diaryl/α,β-unsaturated/α-hetero) is 1. The van der Waals surface area contributed by atoms with Crippen LogP contribution in [-0.2, 0) is 0 Å². The van der Waals surface area contributed by atoms with Crippen molar-refractivity contribution in [1.82, 2.24) is 0 Å². The summed E-state index contributed by atoms with van der Waals surface area (Å²) in [5, 5.41) is 0.625. The Bertz CT molecular complexity index is 659. The lowest BCUT2D eigenvalue weighted by Crippen LogP contribution is -2.12. The smallest absolute Gasteiger partial charge is 0.201 e. The van der Waals surface area contributed by atoms with Gasteiger partial charge in [-0.3, -0.25) is 4.79 Å². The van der Waals surface area contributed by atoms with Crippen LogP contribution in [0.5, 0.6) is 5.75 Å². The molecule has 0 bridgehead atoms. The van der Waals surface area contributed by atoms with Crippen molar-refractivity contribution in [2.24, 2.45) is 0 Å². The van der Waals surface area contributed by atoms with Gasteiger partial charge in [-0.15, -0.1) is 0 Å². The van der Waals surface area contributed by atoms with Gasteiger partial charge >= 0.3 is 0 Å². The maximum Gasteiger partial charge on any atom is 0.201 e. The fraction of sp³-hybridized carbons (Fsp3) is 0.0714. The first kappa shape index (κ1) is 15.1. The molecule has 0 aliphatic rings. The highest BCUT2D eigenvalue weighted by Gasteiger charge is 2.12. The molecule has 20 heavy (non-hydrogen) atoms. The lowest BCUT2D eigenvalue weighted by molar-refractivity contribution is 0.0921. The fourth-order valence-corrected chi connectivity index (χ4v) is 2.19. The molecule has 2 aromatic rings. The van der Waals surface area contributed by atoms with Crippen molar-refractivity contribution in [3.05, 3.63) is 62.8 Å². The maximum atomic E-state index is 13.0. The second kappa shape index (κ2) is 6.44. The molecule has 0 aliphatic carbocycles. The van der Waals surface area contributed by atoms with Gasteiger partial charge in [0.15, 0.2) is 6.61 Å². The highest BCUT2D eigenvalue weighted by Crippen LogP contribution is 2.23. The summed E-state index contributed by atoms with van der Waals surface area (Å²) in [7, 11) is 0. The van der Waals surface area contributed by atoms with Crippen molar-refractivity contribution in [2.45, 2.75) is 0 Å². The predicted molar refractivity (Wildman–Crippen MR) is 77.7 cm³/mol. The number of benzene rings is 2. The van der Waals surface area contributed by atoms with Crippen LogP contribution in [0.15, 0.2) is 36.4 Å². The molecule has 0 aliphatic heterocycles. The first-order valence-corrected chi connectivity index (χ1v) is 6.67. The van der Waals surface area contributed by atoms with Crippen LogP contribution in [0.25, 0.3) is 0 Å². The molecular weight excluding hydrogens is 326 g/mol. The van der Waals surface area contributed by atoms with E-state index in [0.29, 0.717) is 16.3 Å². The van der Waals surface area contributed by atoms with E-state index in [1.54, 1.807) is 6.07 Å². The van der Waals surface area contributed by atoms with Gasteiger partial charge in [0, 0.05) is 16.7 Å². The molecule has 2 aromatic carbocycles. The standard InChI is InChI=1S/C14H8Cl3FO2/c15-8-1-3-10(11(16)5-8)14(19)7-20-9-2-4-13(18)12(17)6-9/h1-6H,7H2. The van der Waals surface area contributed by atoms with E-state index < -0.39 is 5.82 Å². The van der Waals surface area contributed by atoms with Gasteiger partial charge < -0.3 is 4.74 Å². The number of hydrogen-bond donors (Lipinski definition) is 0. The van der Waals surface area contributed by atoms with Crippen molar-refractivity contribution in [3.8, 4) is 5.75 Å². The van der Waals surface area contributed by atoms with E-state index in [1.165, 1.54) is 24.3 Å². The molecule has 0 unspecified atom stereocenters. The zero-order valence-electron chi connectivity index (χ0n) is 10.00. The molecule has 0 amide bonds. The molecule has 0 saturated carbocycles. The average Bonchev–Trinajstić information content (AvgIpc) is 2.40. The number of hydrogen-bond acceptors (Lipinski definition) is 2. The van der Waals surface area contributed by atoms with E-state index >= 15 is 0 Å². The lowest BCUT2D eigenvalue weighted by Gasteiger charge is -2.07. The summed E-state index contributed by atoms with van der Waals surface area (Å²) in [5.74, 6) is -0.562. The molecule has 6 heteroatoms. The number of carbonyl (C=O) groups excluding carboxylic acids is 1. The summed E-state index contributed by atoms with van der Waals surface area (Å²) in [6, 6.07) is 8.41. The van der Waals surface area contributed by atoms with Gasteiger partial charge in [0.2, 0.25) is 5.78 Å². The second-order valence-corrected chi connectivity index (χ2v) is 5.16. The van der Waals surface area contributed by atoms with Gasteiger partial charge in [-0.25, -0.2) is 4.39 Å². The van der Waals surface area contributed by atoms with Crippen LogP contribution in [0.1, 0.15) is 10.4 Å². The van der Waals surface area contributed by atoms with Crippen LogP contribution in [0.2, 0.25) is 15.1 Å². The maximum absolute atomic E-state index is 13.0. The van der Waals surface area contributed by atoms with E-state index in [0.717, 1.165) is 6.07 Å². The Hall–Kier alpha value is -1.29. The van der Waals surface area contributed by atoms with Crippen LogP contribution < -0.4 is 4.74 Å². The minimum Gasteiger partial charge on any atom is -0.485 e. The Labute approximate surface area is 130 Å². The summed E-state index contributed by atoms with van der Waals surface area (Å²) in [6.07, 6.45) is 0. The Kier molecular flexibility index (Phi) is 4.86. The Balaban J connectivity index is 2.06. The summed E-state index contributed by atoms with van der Waals surface area (Å²) >= 11 is 17.3. The van der Waals surface area contributed by atoms with E-state index in [-0.39, 0.29) is 22.4 Å². The Morgan fingerprint density at radius 2 is 1.80 bits per heavy atom. The minimum absolute atomic E-state index is 0.0699. The van der Waals surface area contributed by atoms with Gasteiger partial charge in [-0.1, -0.05) is 34.8 Å². The molecule has 104 valence electrons. The van der Waals surface area contributed by atoms with Gasteiger partial charge in [-0.2, -0.15) is 0 Å². The van der Waals surface area contributed by atoms with E-state index in [2.05, 4.69) is 0 Å². The largest absolute Gasteiger partial charge is 0.485 e. The van der Waals surface area contributed by atoms with Gasteiger partial charge in [0.25, 0.3) is 0 Å². The third-order valence-electron chi connectivity index (χ3n) is 2.49. The van der Waals surface area contributed by atoms with Crippen LogP contribution in [0.3, 0.4) is 0 Å².